The van der Waals surface area contributed by atoms with Crippen LogP contribution in [0.1, 0.15) is 86.5 Å². The molecule has 19 N–H and O–H groups in total. The molecule has 25 nitrogen and oxygen atoms in total. The molecule has 0 aliphatic heterocycles. The zero-order valence-corrected chi connectivity index (χ0v) is 43.0. The third-order valence-electron chi connectivity index (χ3n) is 10.2. The minimum atomic E-state index is -1.35. The Balaban J connectivity index is 6.19. The predicted octanol–water partition coefficient (Wildman–Crippen LogP) is -4.06. The van der Waals surface area contributed by atoms with Gasteiger partial charge in [0.15, 0.2) is 11.9 Å². The van der Waals surface area contributed by atoms with Gasteiger partial charge in [0.2, 0.25) is 47.3 Å². The number of aliphatic carboxylic acids is 1. The van der Waals surface area contributed by atoms with Crippen LogP contribution in [0.3, 0.4) is 0 Å². The third kappa shape index (κ3) is 26.4. The fourth-order valence-corrected chi connectivity index (χ4v) is 7.01. The Morgan fingerprint density at radius 2 is 0.913 bits per heavy atom. The number of carboxylic acid groups (broad SMARTS) is 1. The van der Waals surface area contributed by atoms with Gasteiger partial charge in [0.05, 0.1) is 12.6 Å². The Hall–Kier alpha value is -5.22. The molecule has 0 radical (unpaired) electrons. The summed E-state index contributed by atoms with van der Waals surface area (Å²) in [5.41, 5.74) is 27.6. The smallest absolute Gasteiger partial charge is 0.327 e. The van der Waals surface area contributed by atoms with Gasteiger partial charge < -0.3 is 76.3 Å². The standard InChI is InChI=1S/C41H77N15O10S3/c1-7-22(6)31(38(64)55-29(19-69)39(65)66)56-30(57)16-49-33(59)25(14-20(2)3)51-34(60)24(11-9-13-48-41(45)46)50-36(62)28(18-68)54-35(61)26(15-21(4)5)52-37(63)27(17-67)53-32(58)23(42)10-8-12-47-40(43)44/h20-29,31,67-69H,7-19,42H2,1-6H3,(H,49,59)(H,50,62)(H,51,60)(H,52,63)(H,53,58)(H,54,61)(H,55,64)(H,56,57)(H,65,66)(H4,43,44,47)(H4,45,46,48)/t22-,23-,24-,25-,26-,27-,28-,29-,31-/m0/s1. The molecule has 0 rings (SSSR count). The third-order valence-corrected chi connectivity index (χ3v) is 11.3. The van der Waals surface area contributed by atoms with Gasteiger partial charge in [-0.05, 0) is 56.3 Å². The second-order valence-electron chi connectivity index (χ2n) is 17.2. The van der Waals surface area contributed by atoms with Crippen molar-refractivity contribution >= 4 is 103 Å². The zero-order valence-electron chi connectivity index (χ0n) is 40.3. The highest BCUT2D eigenvalue weighted by atomic mass is 32.1. The van der Waals surface area contributed by atoms with Gasteiger partial charge in [-0.25, -0.2) is 4.79 Å². The summed E-state index contributed by atoms with van der Waals surface area (Å²) >= 11 is 12.4. The van der Waals surface area contributed by atoms with Crippen molar-refractivity contribution < 1.29 is 48.3 Å². The number of nitrogens with two attached hydrogens (primary N) is 5. The van der Waals surface area contributed by atoms with E-state index in [-0.39, 0.29) is 86.2 Å². The lowest BCUT2D eigenvalue weighted by molar-refractivity contribution is -0.141. The minimum absolute atomic E-state index is 0.0438. The van der Waals surface area contributed by atoms with Crippen molar-refractivity contribution in [2.75, 3.05) is 36.9 Å². The molecule has 0 aliphatic carbocycles. The highest BCUT2D eigenvalue weighted by Gasteiger charge is 2.34. The molecule has 0 bridgehead atoms. The molecule has 0 saturated carbocycles. The molecule has 9 atom stereocenters. The number of carbonyl (C=O) groups is 9. The summed E-state index contributed by atoms with van der Waals surface area (Å²) in [6.07, 6.45) is 1.38. The number of aliphatic imine (C=N–C) groups is 2. The number of nitrogens with zero attached hydrogens (tertiary/aromatic N) is 2. The molecule has 0 unspecified atom stereocenters. The van der Waals surface area contributed by atoms with Gasteiger partial charge in [-0.1, -0.05) is 48.0 Å². The summed E-state index contributed by atoms with van der Waals surface area (Å²) in [4.78, 5) is 126. The van der Waals surface area contributed by atoms with E-state index in [1.54, 1.807) is 41.5 Å². The highest BCUT2D eigenvalue weighted by Crippen LogP contribution is 2.11. The maximum absolute atomic E-state index is 13.9. The van der Waals surface area contributed by atoms with Crippen molar-refractivity contribution in [3.63, 3.8) is 0 Å². The van der Waals surface area contributed by atoms with Crippen molar-refractivity contribution in [3.05, 3.63) is 0 Å². The maximum Gasteiger partial charge on any atom is 0.327 e. The Morgan fingerprint density at radius 1 is 0.522 bits per heavy atom. The van der Waals surface area contributed by atoms with Crippen molar-refractivity contribution in [2.45, 2.75) is 135 Å². The number of rotatable bonds is 34. The summed E-state index contributed by atoms with van der Waals surface area (Å²) in [6, 6.07) is -9.71. The maximum atomic E-state index is 13.9. The Bertz CT molecular complexity index is 1770. The topological polar surface area (TPSA) is 425 Å². The second-order valence-corrected chi connectivity index (χ2v) is 18.3. The number of hydrogen-bond acceptors (Lipinski definition) is 15. The molecule has 69 heavy (non-hydrogen) atoms. The van der Waals surface area contributed by atoms with Crippen LogP contribution in [0.25, 0.3) is 0 Å². The molecule has 0 spiro atoms. The second kappa shape index (κ2) is 34.1. The van der Waals surface area contributed by atoms with Crippen LogP contribution in [-0.2, 0) is 43.2 Å². The first-order valence-corrected chi connectivity index (χ1v) is 24.5. The number of amides is 8. The summed E-state index contributed by atoms with van der Waals surface area (Å²) in [5.74, 6) is -9.01. The van der Waals surface area contributed by atoms with Crippen LogP contribution < -0.4 is 71.2 Å². The fraction of sp³-hybridized carbons (Fsp3) is 0.732. The number of carbonyl (C=O) groups excluding carboxylic acids is 8. The van der Waals surface area contributed by atoms with Crippen LogP contribution >= 0.6 is 37.9 Å². The number of guanidine groups is 2. The molecule has 28 heteroatoms. The molecular formula is C41H77N15O10S3. The quantitative estimate of drug-likeness (QED) is 0.0126. The first-order valence-electron chi connectivity index (χ1n) is 22.6. The van der Waals surface area contributed by atoms with Gasteiger partial charge in [-0.2, -0.15) is 37.9 Å². The molecule has 8 amide bonds. The molecule has 0 aromatic rings. The van der Waals surface area contributed by atoms with E-state index >= 15 is 0 Å². The van der Waals surface area contributed by atoms with Gasteiger partial charge in [0.25, 0.3) is 0 Å². The normalized spacial score (nSPS) is 15.0. The van der Waals surface area contributed by atoms with Gasteiger partial charge in [-0.15, -0.1) is 0 Å². The largest absolute Gasteiger partial charge is 0.480 e. The van der Waals surface area contributed by atoms with E-state index in [2.05, 4.69) is 90.4 Å². The summed E-state index contributed by atoms with van der Waals surface area (Å²) < 4.78 is 0. The van der Waals surface area contributed by atoms with Gasteiger partial charge in [0.1, 0.15) is 42.3 Å². The lowest BCUT2D eigenvalue weighted by Crippen LogP contribution is -2.60. The van der Waals surface area contributed by atoms with E-state index in [1.807, 2.05) is 0 Å². The SMILES string of the molecule is CC[C@H](C)[C@H](NC(=O)CNC(=O)[C@H](CC(C)C)NC(=O)[C@H](CCCN=C(N)N)NC(=O)[C@H](CS)NC(=O)[C@H](CC(C)C)NC(=O)[C@H](CS)NC(=O)[C@@H](N)CCCN=C(N)N)C(=O)N[C@@H](CS)C(=O)O. The van der Waals surface area contributed by atoms with Crippen LogP contribution in [0.2, 0.25) is 0 Å². The number of nitrogens with one attached hydrogen (secondary N) is 8. The average molecular weight is 1040 g/mol. The van der Waals surface area contributed by atoms with Crippen LogP contribution in [0.4, 0.5) is 0 Å². The molecule has 0 saturated heterocycles. The Kier molecular flexibility index (Phi) is 31.6. The molecule has 0 aromatic heterocycles. The summed E-state index contributed by atoms with van der Waals surface area (Å²) in [6.45, 7) is 10.3. The van der Waals surface area contributed by atoms with E-state index in [0.29, 0.717) is 12.8 Å². The zero-order chi connectivity index (χ0) is 53.0. The molecular weight excluding hydrogens is 959 g/mol. The Morgan fingerprint density at radius 3 is 1.35 bits per heavy atom. The number of carboxylic acids is 1. The first-order chi connectivity index (χ1) is 32.3. The first kappa shape index (κ1) is 63.8. The van der Waals surface area contributed by atoms with Gasteiger partial charge >= 0.3 is 5.97 Å². The predicted molar refractivity (Wildman–Crippen MR) is 272 cm³/mol. The van der Waals surface area contributed by atoms with Crippen LogP contribution in [0.15, 0.2) is 9.98 Å². The van der Waals surface area contributed by atoms with Crippen LogP contribution in [0, 0.1) is 17.8 Å². The average Bonchev–Trinajstić information content (AvgIpc) is 3.27. The van der Waals surface area contributed by atoms with Crippen molar-refractivity contribution in [1.82, 2.24) is 42.5 Å². The monoisotopic (exact) mass is 1040 g/mol. The fourth-order valence-electron chi connectivity index (χ4n) is 6.25. The van der Waals surface area contributed by atoms with Gasteiger partial charge in [-0.3, -0.25) is 48.3 Å². The van der Waals surface area contributed by atoms with E-state index in [4.69, 9.17) is 28.7 Å². The van der Waals surface area contributed by atoms with Crippen molar-refractivity contribution in [2.24, 2.45) is 56.4 Å². The molecule has 394 valence electrons. The van der Waals surface area contributed by atoms with Crippen molar-refractivity contribution in [1.29, 1.82) is 0 Å². The van der Waals surface area contributed by atoms with E-state index in [1.165, 1.54) is 0 Å². The van der Waals surface area contributed by atoms with Crippen LogP contribution in [-0.4, -0.2) is 155 Å². The van der Waals surface area contributed by atoms with Crippen molar-refractivity contribution in [3.8, 4) is 0 Å². The molecule has 0 heterocycles. The summed E-state index contributed by atoms with van der Waals surface area (Å²) in [5, 5.41) is 29.7. The molecule has 0 aliphatic rings. The van der Waals surface area contributed by atoms with E-state index in [9.17, 15) is 48.3 Å². The number of hydrogen-bond donors (Lipinski definition) is 17. The van der Waals surface area contributed by atoms with E-state index in [0.717, 1.165) is 0 Å². The highest BCUT2D eigenvalue weighted by molar-refractivity contribution is 7.80. The van der Waals surface area contributed by atoms with E-state index < -0.39 is 114 Å². The minimum Gasteiger partial charge on any atom is -0.480 e. The molecule has 0 fully saturated rings. The lowest BCUT2D eigenvalue weighted by Gasteiger charge is -2.27. The number of thiol groups is 3. The Labute approximate surface area is 420 Å². The molecule has 0 aromatic carbocycles. The van der Waals surface area contributed by atoms with Gasteiger partial charge in [0, 0.05) is 30.3 Å². The van der Waals surface area contributed by atoms with Crippen LogP contribution in [0.5, 0.6) is 0 Å². The summed E-state index contributed by atoms with van der Waals surface area (Å²) in [7, 11) is 0. The lowest BCUT2D eigenvalue weighted by atomic mass is 9.98.